The van der Waals surface area contributed by atoms with Crippen LogP contribution in [-0.2, 0) is 29.0 Å². The largest absolute Gasteiger partial charge is 0.352 e. The first kappa shape index (κ1) is 25.5. The van der Waals surface area contributed by atoms with Crippen molar-refractivity contribution in [3.05, 3.63) is 107 Å². The Morgan fingerprint density at radius 3 is 2.09 bits per heavy atom. The van der Waals surface area contributed by atoms with Gasteiger partial charge in [0.2, 0.25) is 11.8 Å². The van der Waals surface area contributed by atoms with Crippen LogP contribution in [0.5, 0.6) is 0 Å². The number of halogens is 1. The van der Waals surface area contributed by atoms with E-state index in [2.05, 4.69) is 5.32 Å². The molecular formula is C29H33ClN2O2. The molecule has 0 aliphatic carbocycles. The lowest BCUT2D eigenvalue weighted by atomic mass is 10.0. The van der Waals surface area contributed by atoms with E-state index in [1.54, 1.807) is 4.90 Å². The van der Waals surface area contributed by atoms with Gasteiger partial charge in [-0.25, -0.2) is 0 Å². The lowest BCUT2D eigenvalue weighted by molar-refractivity contribution is -0.141. The van der Waals surface area contributed by atoms with Crippen LogP contribution in [0.4, 0.5) is 0 Å². The Hall–Kier alpha value is -3.11. The third kappa shape index (κ3) is 7.46. The van der Waals surface area contributed by atoms with Crippen molar-refractivity contribution < 1.29 is 9.59 Å². The van der Waals surface area contributed by atoms with Gasteiger partial charge in [0.05, 0.1) is 0 Å². The van der Waals surface area contributed by atoms with Crippen LogP contribution < -0.4 is 5.32 Å². The SMILES string of the molecule is CCC(C)NC(=O)C(Cc1ccccc1)N(Cc1ccccc1)C(=O)CCc1ccccc1Cl. The Morgan fingerprint density at radius 2 is 1.47 bits per heavy atom. The molecule has 2 amide bonds. The minimum atomic E-state index is -0.615. The summed E-state index contributed by atoms with van der Waals surface area (Å²) < 4.78 is 0. The summed E-state index contributed by atoms with van der Waals surface area (Å²) in [6.45, 7) is 4.39. The van der Waals surface area contributed by atoms with Crippen LogP contribution in [-0.4, -0.2) is 28.8 Å². The van der Waals surface area contributed by atoms with Gasteiger partial charge < -0.3 is 10.2 Å². The summed E-state index contributed by atoms with van der Waals surface area (Å²) in [5.74, 6) is -0.191. The van der Waals surface area contributed by atoms with Gasteiger partial charge in [-0.2, -0.15) is 0 Å². The molecular weight excluding hydrogens is 444 g/mol. The lowest BCUT2D eigenvalue weighted by Gasteiger charge is -2.32. The van der Waals surface area contributed by atoms with Gasteiger partial charge >= 0.3 is 0 Å². The van der Waals surface area contributed by atoms with Crippen molar-refractivity contribution in [1.29, 1.82) is 0 Å². The third-order valence-electron chi connectivity index (χ3n) is 6.03. The maximum atomic E-state index is 13.6. The molecule has 2 unspecified atom stereocenters. The van der Waals surface area contributed by atoms with Gasteiger partial charge in [-0.3, -0.25) is 9.59 Å². The molecule has 0 saturated heterocycles. The predicted molar refractivity (Wildman–Crippen MR) is 139 cm³/mol. The van der Waals surface area contributed by atoms with Crippen LogP contribution in [0.15, 0.2) is 84.9 Å². The summed E-state index contributed by atoms with van der Waals surface area (Å²) in [6, 6.07) is 26.7. The Morgan fingerprint density at radius 1 is 0.882 bits per heavy atom. The van der Waals surface area contributed by atoms with E-state index in [-0.39, 0.29) is 24.3 Å². The number of amides is 2. The van der Waals surface area contributed by atoms with Crippen LogP contribution in [0.2, 0.25) is 5.02 Å². The number of aryl methyl sites for hydroxylation is 1. The monoisotopic (exact) mass is 476 g/mol. The van der Waals surface area contributed by atoms with Gasteiger partial charge in [0.1, 0.15) is 6.04 Å². The first-order valence-corrected chi connectivity index (χ1v) is 12.3. The highest BCUT2D eigenvalue weighted by Gasteiger charge is 2.30. The van der Waals surface area contributed by atoms with E-state index in [1.165, 1.54) is 0 Å². The summed E-state index contributed by atoms with van der Waals surface area (Å²) in [6.07, 6.45) is 2.07. The van der Waals surface area contributed by atoms with Crippen molar-refractivity contribution >= 4 is 23.4 Å². The molecule has 0 bridgehead atoms. The van der Waals surface area contributed by atoms with Crippen molar-refractivity contribution in [1.82, 2.24) is 10.2 Å². The quantitative estimate of drug-likeness (QED) is 0.378. The van der Waals surface area contributed by atoms with Crippen molar-refractivity contribution in [2.24, 2.45) is 0 Å². The number of rotatable bonds is 11. The average molecular weight is 477 g/mol. The highest BCUT2D eigenvalue weighted by atomic mass is 35.5. The summed E-state index contributed by atoms with van der Waals surface area (Å²) in [7, 11) is 0. The topological polar surface area (TPSA) is 49.4 Å². The van der Waals surface area contributed by atoms with Gasteiger partial charge in [0, 0.05) is 30.5 Å². The summed E-state index contributed by atoms with van der Waals surface area (Å²) >= 11 is 6.32. The van der Waals surface area contributed by atoms with Crippen LogP contribution in [0.25, 0.3) is 0 Å². The second-order valence-electron chi connectivity index (χ2n) is 8.62. The molecule has 0 aliphatic rings. The Bertz CT molecular complexity index is 1060. The minimum Gasteiger partial charge on any atom is -0.352 e. The second-order valence-corrected chi connectivity index (χ2v) is 9.03. The Kier molecular flexibility index (Phi) is 9.72. The zero-order valence-electron chi connectivity index (χ0n) is 19.9. The fourth-order valence-corrected chi connectivity index (χ4v) is 4.09. The molecule has 5 heteroatoms. The molecule has 0 aromatic heterocycles. The van der Waals surface area contributed by atoms with Gasteiger partial charge in [0.15, 0.2) is 0 Å². The van der Waals surface area contributed by atoms with Crippen molar-refractivity contribution in [2.45, 2.75) is 58.2 Å². The molecule has 0 fully saturated rings. The van der Waals surface area contributed by atoms with E-state index >= 15 is 0 Å². The van der Waals surface area contributed by atoms with E-state index in [1.807, 2.05) is 98.8 Å². The first-order valence-electron chi connectivity index (χ1n) is 11.9. The molecule has 0 radical (unpaired) electrons. The molecule has 3 rings (SSSR count). The molecule has 178 valence electrons. The second kappa shape index (κ2) is 13.0. The van der Waals surface area contributed by atoms with Crippen LogP contribution >= 0.6 is 11.6 Å². The van der Waals surface area contributed by atoms with Crippen molar-refractivity contribution in [3.8, 4) is 0 Å². The maximum Gasteiger partial charge on any atom is 0.243 e. The van der Waals surface area contributed by atoms with E-state index in [0.717, 1.165) is 23.1 Å². The fourth-order valence-electron chi connectivity index (χ4n) is 3.86. The molecule has 0 spiro atoms. The third-order valence-corrected chi connectivity index (χ3v) is 6.40. The number of nitrogens with one attached hydrogen (secondary N) is 1. The molecule has 0 heterocycles. The number of hydrogen-bond acceptors (Lipinski definition) is 2. The standard InChI is InChI=1S/C29H33ClN2O2/c1-3-22(2)31-29(34)27(20-23-12-6-4-7-13-23)32(21-24-14-8-5-9-15-24)28(33)19-18-25-16-10-11-17-26(25)30/h4-17,22,27H,3,18-21H2,1-2H3,(H,31,34). The lowest BCUT2D eigenvalue weighted by Crippen LogP contribution is -2.52. The summed E-state index contributed by atoms with van der Waals surface area (Å²) in [5.41, 5.74) is 2.94. The first-order chi connectivity index (χ1) is 16.5. The highest BCUT2D eigenvalue weighted by molar-refractivity contribution is 6.31. The smallest absolute Gasteiger partial charge is 0.243 e. The fraction of sp³-hybridized carbons (Fsp3) is 0.310. The molecule has 2 atom stereocenters. The zero-order chi connectivity index (χ0) is 24.3. The van der Waals surface area contributed by atoms with Gasteiger partial charge in [-0.05, 0) is 42.5 Å². The van der Waals surface area contributed by atoms with E-state index in [0.29, 0.717) is 24.4 Å². The maximum absolute atomic E-state index is 13.6. The Balaban J connectivity index is 1.90. The number of carbonyl (C=O) groups is 2. The minimum absolute atomic E-state index is 0.0302. The van der Waals surface area contributed by atoms with Crippen LogP contribution in [0, 0.1) is 0 Å². The van der Waals surface area contributed by atoms with Crippen LogP contribution in [0.3, 0.4) is 0 Å². The number of carbonyl (C=O) groups excluding carboxylic acids is 2. The Labute approximate surface area is 207 Å². The zero-order valence-corrected chi connectivity index (χ0v) is 20.7. The molecule has 0 aliphatic heterocycles. The van der Waals surface area contributed by atoms with E-state index < -0.39 is 6.04 Å². The van der Waals surface area contributed by atoms with E-state index in [4.69, 9.17) is 11.6 Å². The summed E-state index contributed by atoms with van der Waals surface area (Å²) in [5, 5.41) is 3.75. The molecule has 1 N–H and O–H groups in total. The predicted octanol–water partition coefficient (Wildman–Crippen LogP) is 5.83. The van der Waals surface area contributed by atoms with Gasteiger partial charge in [0.25, 0.3) is 0 Å². The average Bonchev–Trinajstić information content (AvgIpc) is 2.86. The normalized spacial score (nSPS) is 12.6. The number of nitrogens with zero attached hydrogens (tertiary/aromatic N) is 1. The number of benzene rings is 3. The van der Waals surface area contributed by atoms with Crippen LogP contribution in [0.1, 0.15) is 43.4 Å². The molecule has 3 aromatic carbocycles. The molecule has 34 heavy (non-hydrogen) atoms. The van der Waals surface area contributed by atoms with Crippen molar-refractivity contribution in [3.63, 3.8) is 0 Å². The molecule has 3 aromatic rings. The van der Waals surface area contributed by atoms with Gasteiger partial charge in [-0.15, -0.1) is 0 Å². The molecule has 0 saturated carbocycles. The summed E-state index contributed by atoms with van der Waals surface area (Å²) in [4.78, 5) is 28.8. The van der Waals surface area contributed by atoms with Crippen molar-refractivity contribution in [2.75, 3.05) is 0 Å². The van der Waals surface area contributed by atoms with Gasteiger partial charge in [-0.1, -0.05) is 97.4 Å². The number of hydrogen-bond donors (Lipinski definition) is 1. The molecule has 4 nitrogen and oxygen atoms in total. The van der Waals surface area contributed by atoms with E-state index in [9.17, 15) is 9.59 Å². The highest BCUT2D eigenvalue weighted by Crippen LogP contribution is 2.20.